The number of halogens is 3. The van der Waals surface area contributed by atoms with Crippen molar-refractivity contribution in [3.8, 4) is 5.75 Å². The minimum absolute atomic E-state index is 0.158. The molecule has 19 heavy (non-hydrogen) atoms. The monoisotopic (exact) mass is 446 g/mol. The predicted molar refractivity (Wildman–Crippen MR) is 90.2 cm³/mol. The molecule has 100 valence electrons. The van der Waals surface area contributed by atoms with Crippen molar-refractivity contribution >= 4 is 47.8 Å². The third-order valence-corrected chi connectivity index (χ3v) is 4.96. The van der Waals surface area contributed by atoms with Gasteiger partial charge in [0.15, 0.2) is 0 Å². The molecule has 0 aliphatic carbocycles. The second-order valence-electron chi connectivity index (χ2n) is 4.03. The van der Waals surface area contributed by atoms with E-state index >= 15 is 0 Å². The lowest BCUT2D eigenvalue weighted by molar-refractivity contribution is 0.340. The van der Waals surface area contributed by atoms with Crippen molar-refractivity contribution in [1.82, 2.24) is 0 Å². The quantitative estimate of drug-likeness (QED) is 0.514. The molecule has 0 fully saturated rings. The molecule has 2 aromatic carbocycles. The van der Waals surface area contributed by atoms with E-state index in [4.69, 9.17) is 4.74 Å². The first kappa shape index (κ1) is 15.1. The van der Waals surface area contributed by atoms with E-state index in [1.807, 2.05) is 31.2 Å². The zero-order valence-corrected chi connectivity index (χ0v) is 15.1. The summed E-state index contributed by atoms with van der Waals surface area (Å²) in [5.74, 6) is 0.883. The van der Waals surface area contributed by atoms with Gasteiger partial charge in [-0.1, -0.05) is 66.0 Å². The lowest BCUT2D eigenvalue weighted by atomic mass is 10.0. The molecule has 0 aromatic heterocycles. The van der Waals surface area contributed by atoms with Crippen molar-refractivity contribution < 1.29 is 4.74 Å². The fourth-order valence-electron chi connectivity index (χ4n) is 1.78. The van der Waals surface area contributed by atoms with Crippen molar-refractivity contribution in [3.63, 3.8) is 0 Å². The molecule has 0 saturated heterocycles. The molecule has 0 aliphatic rings. The van der Waals surface area contributed by atoms with Gasteiger partial charge in [0.05, 0.1) is 11.4 Å². The molecule has 4 heteroatoms. The van der Waals surface area contributed by atoms with Crippen molar-refractivity contribution in [3.05, 3.63) is 62.5 Å². The molecule has 1 atom stereocenters. The molecule has 2 aromatic rings. The number of alkyl halides is 1. The Kier molecular flexibility index (Phi) is 5.48. The van der Waals surface area contributed by atoms with Gasteiger partial charge in [0.25, 0.3) is 0 Å². The highest BCUT2D eigenvalue weighted by Crippen LogP contribution is 2.37. The molecule has 0 spiro atoms. The van der Waals surface area contributed by atoms with Crippen molar-refractivity contribution in [2.75, 3.05) is 6.61 Å². The summed E-state index contributed by atoms with van der Waals surface area (Å²) < 4.78 is 7.62. The summed E-state index contributed by atoms with van der Waals surface area (Å²) in [6.45, 7) is 2.66. The molecule has 0 radical (unpaired) electrons. The average molecular weight is 449 g/mol. The lowest BCUT2D eigenvalue weighted by Crippen LogP contribution is -1.96. The van der Waals surface area contributed by atoms with Gasteiger partial charge in [0.2, 0.25) is 0 Å². The third kappa shape index (κ3) is 3.83. The Hall–Kier alpha value is -0.320. The molecule has 0 N–H and O–H groups in total. The summed E-state index contributed by atoms with van der Waals surface area (Å²) in [6.07, 6.45) is 0. The largest absolute Gasteiger partial charge is 0.494 e. The van der Waals surface area contributed by atoms with Crippen LogP contribution in [0, 0.1) is 0 Å². The molecule has 1 unspecified atom stereocenters. The summed E-state index contributed by atoms with van der Waals surface area (Å²) >= 11 is 10.8. The molecule has 0 heterocycles. The van der Waals surface area contributed by atoms with Gasteiger partial charge < -0.3 is 4.74 Å². The van der Waals surface area contributed by atoms with Crippen molar-refractivity contribution in [2.45, 2.75) is 11.8 Å². The lowest BCUT2D eigenvalue weighted by Gasteiger charge is -2.14. The van der Waals surface area contributed by atoms with E-state index < -0.39 is 0 Å². The van der Waals surface area contributed by atoms with Gasteiger partial charge in [-0.25, -0.2) is 0 Å². The maximum Gasteiger partial charge on any atom is 0.120 e. The predicted octanol–water partition coefficient (Wildman–Crippen LogP) is 6.09. The van der Waals surface area contributed by atoms with Gasteiger partial charge in [-0.2, -0.15) is 0 Å². The Bertz CT molecular complexity index is 552. The second kappa shape index (κ2) is 6.91. The highest BCUT2D eigenvalue weighted by molar-refractivity contribution is 9.11. The first-order chi connectivity index (χ1) is 9.11. The van der Waals surface area contributed by atoms with Crippen LogP contribution in [0.25, 0.3) is 0 Å². The maximum atomic E-state index is 5.49. The SMILES string of the molecule is CCOc1ccc(C(Br)c2ccc(Br)cc2)c(Br)c1. The molecular weight excluding hydrogens is 436 g/mol. The van der Waals surface area contributed by atoms with Crippen LogP contribution >= 0.6 is 47.8 Å². The van der Waals surface area contributed by atoms with E-state index in [0.717, 1.165) is 14.7 Å². The van der Waals surface area contributed by atoms with E-state index in [-0.39, 0.29) is 4.83 Å². The highest BCUT2D eigenvalue weighted by Gasteiger charge is 2.14. The van der Waals surface area contributed by atoms with Gasteiger partial charge in [-0.05, 0) is 42.3 Å². The van der Waals surface area contributed by atoms with Crippen LogP contribution in [-0.4, -0.2) is 6.61 Å². The molecule has 1 nitrogen and oxygen atoms in total. The van der Waals surface area contributed by atoms with Crippen LogP contribution in [0.4, 0.5) is 0 Å². The summed E-state index contributed by atoms with van der Waals surface area (Å²) in [5, 5.41) is 0. The molecule has 2 rings (SSSR count). The number of rotatable bonds is 4. The highest BCUT2D eigenvalue weighted by atomic mass is 79.9. The Morgan fingerprint density at radius 1 is 1.05 bits per heavy atom. The number of ether oxygens (including phenoxy) is 1. The van der Waals surface area contributed by atoms with Crippen molar-refractivity contribution in [1.29, 1.82) is 0 Å². The standard InChI is InChI=1S/C15H13Br3O/c1-2-19-12-7-8-13(14(17)9-12)15(18)10-3-5-11(16)6-4-10/h3-9,15H,2H2,1H3. The number of benzene rings is 2. The number of hydrogen-bond acceptors (Lipinski definition) is 1. The first-order valence-electron chi connectivity index (χ1n) is 5.93. The maximum absolute atomic E-state index is 5.49. The summed E-state index contributed by atoms with van der Waals surface area (Å²) in [5.41, 5.74) is 2.40. The second-order valence-corrected chi connectivity index (χ2v) is 6.72. The van der Waals surface area contributed by atoms with Gasteiger partial charge in [-0.3, -0.25) is 0 Å². The normalized spacial score (nSPS) is 12.2. The van der Waals surface area contributed by atoms with E-state index in [1.54, 1.807) is 0 Å². The van der Waals surface area contributed by atoms with Gasteiger partial charge in [0, 0.05) is 8.95 Å². The topological polar surface area (TPSA) is 9.23 Å². The Balaban J connectivity index is 2.28. The molecule has 0 saturated carbocycles. The molecule has 0 bridgehead atoms. The van der Waals surface area contributed by atoms with E-state index in [2.05, 4.69) is 66.0 Å². The fraction of sp³-hybridized carbons (Fsp3) is 0.200. The molecule has 0 amide bonds. The molecular formula is C15H13Br3O. The van der Waals surface area contributed by atoms with Crippen LogP contribution in [0.15, 0.2) is 51.4 Å². The van der Waals surface area contributed by atoms with Crippen LogP contribution < -0.4 is 4.74 Å². The van der Waals surface area contributed by atoms with Crippen LogP contribution in [0.1, 0.15) is 22.9 Å². The minimum Gasteiger partial charge on any atom is -0.494 e. The van der Waals surface area contributed by atoms with Crippen molar-refractivity contribution in [2.24, 2.45) is 0 Å². The van der Waals surface area contributed by atoms with Gasteiger partial charge in [0.1, 0.15) is 5.75 Å². The van der Waals surface area contributed by atoms with Crippen LogP contribution in [-0.2, 0) is 0 Å². The zero-order chi connectivity index (χ0) is 13.8. The summed E-state index contributed by atoms with van der Waals surface area (Å²) in [6, 6.07) is 14.4. The minimum atomic E-state index is 0.158. The average Bonchev–Trinajstić information content (AvgIpc) is 2.39. The molecule has 0 aliphatic heterocycles. The van der Waals surface area contributed by atoms with Gasteiger partial charge in [-0.15, -0.1) is 0 Å². The Labute approximate surface area is 138 Å². The van der Waals surface area contributed by atoms with Crippen LogP contribution in [0.5, 0.6) is 5.75 Å². The number of hydrogen-bond donors (Lipinski definition) is 0. The third-order valence-electron chi connectivity index (χ3n) is 2.72. The summed E-state index contributed by atoms with van der Waals surface area (Å²) in [4.78, 5) is 0.158. The van der Waals surface area contributed by atoms with Crippen LogP contribution in [0.3, 0.4) is 0 Å². The van der Waals surface area contributed by atoms with Crippen LogP contribution in [0.2, 0.25) is 0 Å². The zero-order valence-electron chi connectivity index (χ0n) is 10.4. The fourth-order valence-corrected chi connectivity index (χ4v) is 3.64. The summed E-state index contributed by atoms with van der Waals surface area (Å²) in [7, 11) is 0. The Morgan fingerprint density at radius 3 is 2.32 bits per heavy atom. The van der Waals surface area contributed by atoms with Gasteiger partial charge >= 0.3 is 0 Å². The van der Waals surface area contributed by atoms with E-state index in [1.165, 1.54) is 11.1 Å². The smallest absolute Gasteiger partial charge is 0.120 e. The Morgan fingerprint density at radius 2 is 1.74 bits per heavy atom. The van der Waals surface area contributed by atoms with E-state index in [0.29, 0.717) is 6.61 Å². The van der Waals surface area contributed by atoms with E-state index in [9.17, 15) is 0 Å². The first-order valence-corrected chi connectivity index (χ1v) is 8.43.